The molecule has 1 aromatic rings. The number of hydrogen-bond donors (Lipinski definition) is 1. The third-order valence-electron chi connectivity index (χ3n) is 2.22. The Morgan fingerprint density at radius 3 is 2.65 bits per heavy atom. The molecule has 0 saturated heterocycles. The minimum absolute atomic E-state index is 0.118. The van der Waals surface area contributed by atoms with Crippen molar-refractivity contribution in [2.24, 2.45) is 0 Å². The molecule has 2 N–H and O–H groups in total. The average Bonchev–Trinajstić information content (AvgIpc) is 2.24. The van der Waals surface area contributed by atoms with E-state index in [1.807, 2.05) is 0 Å². The minimum Gasteiger partial charge on any atom is -0.398 e. The van der Waals surface area contributed by atoms with Crippen LogP contribution in [0.5, 0.6) is 0 Å². The second kappa shape index (κ2) is 5.17. The quantitative estimate of drug-likeness (QED) is 0.647. The van der Waals surface area contributed by atoms with Crippen LogP contribution >= 0.6 is 0 Å². The highest BCUT2D eigenvalue weighted by molar-refractivity contribution is 7.89. The van der Waals surface area contributed by atoms with Gasteiger partial charge in [0.15, 0.2) is 0 Å². The van der Waals surface area contributed by atoms with Crippen molar-refractivity contribution in [3.63, 3.8) is 0 Å². The van der Waals surface area contributed by atoms with Crippen molar-refractivity contribution in [3.8, 4) is 12.3 Å². The van der Waals surface area contributed by atoms with Crippen molar-refractivity contribution in [1.82, 2.24) is 4.31 Å². The van der Waals surface area contributed by atoms with Crippen LogP contribution in [0.4, 0.5) is 10.1 Å². The first kappa shape index (κ1) is 13.5. The van der Waals surface area contributed by atoms with E-state index in [2.05, 4.69) is 5.92 Å². The van der Waals surface area contributed by atoms with Gasteiger partial charge in [0, 0.05) is 6.54 Å². The van der Waals surface area contributed by atoms with Crippen molar-refractivity contribution < 1.29 is 12.8 Å². The zero-order valence-electron chi connectivity index (χ0n) is 9.35. The molecule has 1 aromatic carbocycles. The number of nitrogens with zero attached hydrogens (tertiary/aromatic N) is 1. The molecule has 0 aromatic heterocycles. The van der Waals surface area contributed by atoms with E-state index in [1.165, 1.54) is 12.1 Å². The van der Waals surface area contributed by atoms with E-state index in [4.69, 9.17) is 12.2 Å². The van der Waals surface area contributed by atoms with Crippen molar-refractivity contribution in [2.75, 3.05) is 18.8 Å². The van der Waals surface area contributed by atoms with Crippen LogP contribution < -0.4 is 5.73 Å². The number of terminal acetylenes is 1. The Hall–Kier alpha value is -1.58. The standard InChI is InChI=1S/C11H13FN2O2S/c1-3-8-14(4-2)17(15,16)11-9(12)6-5-7-10(11)13/h1,5-7H,4,8,13H2,2H3. The maximum Gasteiger partial charge on any atom is 0.248 e. The lowest BCUT2D eigenvalue weighted by molar-refractivity contribution is 0.458. The summed E-state index contributed by atoms with van der Waals surface area (Å²) in [6.07, 6.45) is 5.07. The zero-order valence-corrected chi connectivity index (χ0v) is 10.2. The molecule has 0 amide bonds. The van der Waals surface area contributed by atoms with Gasteiger partial charge in [0.25, 0.3) is 0 Å². The van der Waals surface area contributed by atoms with Gasteiger partial charge in [0.1, 0.15) is 10.7 Å². The number of halogens is 1. The molecule has 0 aliphatic carbocycles. The molecule has 0 atom stereocenters. The topological polar surface area (TPSA) is 63.4 Å². The Morgan fingerprint density at radius 1 is 1.53 bits per heavy atom. The highest BCUT2D eigenvalue weighted by atomic mass is 32.2. The third-order valence-corrected chi connectivity index (χ3v) is 4.23. The molecule has 0 fully saturated rings. The summed E-state index contributed by atoms with van der Waals surface area (Å²) in [5.74, 6) is 1.34. The molecule has 17 heavy (non-hydrogen) atoms. The zero-order chi connectivity index (χ0) is 13.1. The fourth-order valence-electron chi connectivity index (χ4n) is 1.40. The van der Waals surface area contributed by atoms with Gasteiger partial charge in [-0.2, -0.15) is 4.31 Å². The molecule has 0 unspecified atom stereocenters. The summed E-state index contributed by atoms with van der Waals surface area (Å²) in [5.41, 5.74) is 5.37. The van der Waals surface area contributed by atoms with Gasteiger partial charge in [-0.15, -0.1) is 6.42 Å². The fourth-order valence-corrected chi connectivity index (χ4v) is 2.92. The molecule has 4 nitrogen and oxygen atoms in total. The van der Waals surface area contributed by atoms with Gasteiger partial charge in [0.2, 0.25) is 10.0 Å². The Morgan fingerprint density at radius 2 is 2.18 bits per heavy atom. The smallest absolute Gasteiger partial charge is 0.248 e. The van der Waals surface area contributed by atoms with E-state index < -0.39 is 20.7 Å². The summed E-state index contributed by atoms with van der Waals surface area (Å²) in [6, 6.07) is 3.73. The number of anilines is 1. The van der Waals surface area contributed by atoms with E-state index in [0.29, 0.717) is 0 Å². The van der Waals surface area contributed by atoms with Crippen molar-refractivity contribution in [1.29, 1.82) is 0 Å². The molecule has 0 spiro atoms. The first-order chi connectivity index (χ1) is 7.95. The lowest BCUT2D eigenvalue weighted by Crippen LogP contribution is -2.32. The average molecular weight is 256 g/mol. The van der Waals surface area contributed by atoms with Crippen LogP contribution in [0.25, 0.3) is 0 Å². The maximum absolute atomic E-state index is 13.5. The van der Waals surface area contributed by atoms with Crippen LogP contribution in [0.3, 0.4) is 0 Å². The van der Waals surface area contributed by atoms with Gasteiger partial charge in [-0.25, -0.2) is 12.8 Å². The lowest BCUT2D eigenvalue weighted by Gasteiger charge is -2.19. The predicted octanol–water partition coefficient (Wildman–Crippen LogP) is 1.05. The summed E-state index contributed by atoms with van der Waals surface area (Å²) in [7, 11) is -3.98. The van der Waals surface area contributed by atoms with Gasteiger partial charge in [-0.3, -0.25) is 0 Å². The Balaban J connectivity index is 3.36. The van der Waals surface area contributed by atoms with Gasteiger partial charge < -0.3 is 5.73 Å². The van der Waals surface area contributed by atoms with E-state index in [0.717, 1.165) is 10.4 Å². The highest BCUT2D eigenvalue weighted by Crippen LogP contribution is 2.24. The Bertz CT molecular complexity index is 529. The van der Waals surface area contributed by atoms with Crippen LogP contribution in [-0.2, 0) is 10.0 Å². The molecule has 0 aliphatic rings. The number of sulfonamides is 1. The predicted molar refractivity (Wildman–Crippen MR) is 64.1 cm³/mol. The molecule has 92 valence electrons. The molecule has 6 heteroatoms. The highest BCUT2D eigenvalue weighted by Gasteiger charge is 2.27. The summed E-state index contributed by atoms with van der Waals surface area (Å²) in [5, 5.41) is 0. The molecular weight excluding hydrogens is 243 g/mol. The van der Waals surface area contributed by atoms with Crippen molar-refractivity contribution in [3.05, 3.63) is 24.0 Å². The van der Waals surface area contributed by atoms with E-state index in [9.17, 15) is 12.8 Å². The third kappa shape index (κ3) is 2.57. The second-order valence-electron chi connectivity index (χ2n) is 3.29. The first-order valence-electron chi connectivity index (χ1n) is 4.92. The van der Waals surface area contributed by atoms with E-state index in [1.54, 1.807) is 6.92 Å². The number of rotatable bonds is 4. The molecule has 1 rings (SSSR count). The summed E-state index contributed by atoms with van der Waals surface area (Å²) in [6.45, 7) is 1.65. The number of hydrogen-bond acceptors (Lipinski definition) is 3. The van der Waals surface area contributed by atoms with Crippen molar-refractivity contribution >= 4 is 15.7 Å². The minimum atomic E-state index is -3.98. The number of nitrogen functional groups attached to an aromatic ring is 1. The molecular formula is C11H13FN2O2S. The normalized spacial score (nSPS) is 11.4. The van der Waals surface area contributed by atoms with E-state index in [-0.39, 0.29) is 18.8 Å². The summed E-state index contributed by atoms with van der Waals surface area (Å²) < 4.78 is 38.7. The molecule has 0 aliphatic heterocycles. The van der Waals surface area contributed by atoms with Crippen LogP contribution in [0, 0.1) is 18.2 Å². The fraction of sp³-hybridized carbons (Fsp3) is 0.273. The van der Waals surface area contributed by atoms with Crippen molar-refractivity contribution in [2.45, 2.75) is 11.8 Å². The van der Waals surface area contributed by atoms with Gasteiger partial charge in [-0.05, 0) is 12.1 Å². The van der Waals surface area contributed by atoms with Gasteiger partial charge in [-0.1, -0.05) is 18.9 Å². The van der Waals surface area contributed by atoms with Crippen LogP contribution in [0.2, 0.25) is 0 Å². The van der Waals surface area contributed by atoms with Gasteiger partial charge >= 0.3 is 0 Å². The Kier molecular flexibility index (Phi) is 4.10. The maximum atomic E-state index is 13.5. The summed E-state index contributed by atoms with van der Waals surface area (Å²) >= 11 is 0. The molecule has 0 bridgehead atoms. The SMILES string of the molecule is C#CCN(CC)S(=O)(=O)c1c(N)cccc1F. The molecule has 0 saturated carbocycles. The molecule has 0 radical (unpaired) electrons. The molecule has 0 heterocycles. The van der Waals surface area contributed by atoms with Gasteiger partial charge in [0.05, 0.1) is 12.2 Å². The van der Waals surface area contributed by atoms with Crippen LogP contribution in [0.15, 0.2) is 23.1 Å². The summed E-state index contributed by atoms with van der Waals surface area (Å²) in [4.78, 5) is -0.517. The number of benzene rings is 1. The lowest BCUT2D eigenvalue weighted by atomic mass is 10.3. The Labute approximate surface area is 100 Å². The van der Waals surface area contributed by atoms with Crippen LogP contribution in [0.1, 0.15) is 6.92 Å². The monoisotopic (exact) mass is 256 g/mol. The number of nitrogens with two attached hydrogens (primary N) is 1. The first-order valence-corrected chi connectivity index (χ1v) is 6.36. The van der Waals surface area contributed by atoms with Crippen LogP contribution in [-0.4, -0.2) is 25.8 Å². The van der Waals surface area contributed by atoms with E-state index >= 15 is 0 Å². The largest absolute Gasteiger partial charge is 0.398 e. The second-order valence-corrected chi connectivity index (χ2v) is 5.17.